The van der Waals surface area contributed by atoms with E-state index >= 15 is 0 Å². The fraction of sp³-hybridized carbons (Fsp3) is 0.467. The van der Waals surface area contributed by atoms with E-state index in [2.05, 4.69) is 36.4 Å². The number of anilines is 2. The van der Waals surface area contributed by atoms with E-state index in [1.807, 2.05) is 34.6 Å². The number of aromatic nitrogens is 2. The number of ketones is 1. The number of imidazole rings is 1. The molecule has 0 atom stereocenters. The lowest BCUT2D eigenvalue weighted by Gasteiger charge is -2.27. The lowest BCUT2D eigenvalue weighted by molar-refractivity contribution is -0.122. The molecule has 0 bridgehead atoms. The first-order chi connectivity index (χ1) is 17.5. The number of hydrogen-bond acceptors (Lipinski definition) is 5. The average Bonchev–Trinajstić information content (AvgIpc) is 3.20. The summed E-state index contributed by atoms with van der Waals surface area (Å²) in [5.41, 5.74) is 1.70. The molecule has 0 radical (unpaired) electrons. The predicted octanol–water partition coefficient (Wildman–Crippen LogP) is 6.38. The van der Waals surface area contributed by atoms with Crippen LogP contribution in [-0.4, -0.2) is 39.2 Å². The first kappa shape index (κ1) is 29.0. The van der Waals surface area contributed by atoms with Crippen LogP contribution in [0.4, 0.5) is 11.4 Å². The summed E-state index contributed by atoms with van der Waals surface area (Å²) in [5.74, 6) is -0.488. The van der Waals surface area contributed by atoms with Crippen molar-refractivity contribution < 1.29 is 19.1 Å². The Kier molecular flexibility index (Phi) is 8.46. The third-order valence-electron chi connectivity index (χ3n) is 5.98. The Balaban J connectivity index is 1.57. The maximum atomic E-state index is 12.8. The number of nitrogens with zero attached hydrogens (tertiary/aromatic N) is 2. The van der Waals surface area contributed by atoms with Crippen LogP contribution in [0.15, 0.2) is 48.8 Å². The summed E-state index contributed by atoms with van der Waals surface area (Å²) in [7, 11) is 0. The summed E-state index contributed by atoms with van der Waals surface area (Å²) in [4.78, 5) is 42.3. The summed E-state index contributed by atoms with van der Waals surface area (Å²) < 4.78 is 7.66. The molecule has 3 rings (SSSR count). The van der Waals surface area contributed by atoms with Crippen molar-refractivity contribution in [2.75, 3.05) is 17.2 Å². The fourth-order valence-electron chi connectivity index (χ4n) is 3.74. The first-order valence-electron chi connectivity index (χ1n) is 12.9. The molecule has 0 spiro atoms. The molecule has 204 valence electrons. The van der Waals surface area contributed by atoms with E-state index < -0.39 is 11.0 Å². The second-order valence-corrected chi connectivity index (χ2v) is 12.6. The van der Waals surface area contributed by atoms with E-state index in [1.165, 1.54) is 0 Å². The zero-order valence-corrected chi connectivity index (χ0v) is 23.8. The summed E-state index contributed by atoms with van der Waals surface area (Å²) in [6.45, 7) is 16.4. The quantitative estimate of drug-likeness (QED) is 0.319. The second kappa shape index (κ2) is 11.1. The molecule has 0 fully saturated rings. The van der Waals surface area contributed by atoms with E-state index in [4.69, 9.17) is 4.74 Å². The maximum Gasteiger partial charge on any atom is 0.255 e. The van der Waals surface area contributed by atoms with Crippen LogP contribution in [0, 0.1) is 10.8 Å². The van der Waals surface area contributed by atoms with Gasteiger partial charge in [-0.25, -0.2) is 4.98 Å². The number of pyridine rings is 1. The topological polar surface area (TPSA) is 102 Å². The highest BCUT2D eigenvalue weighted by Crippen LogP contribution is 2.23. The molecule has 0 unspecified atom stereocenters. The van der Waals surface area contributed by atoms with Gasteiger partial charge in [0.2, 0.25) is 5.91 Å². The van der Waals surface area contributed by atoms with Crippen LogP contribution < -0.4 is 10.6 Å². The number of ether oxygens (including phenoxy) is 1. The predicted molar refractivity (Wildman–Crippen MR) is 151 cm³/mol. The average molecular weight is 521 g/mol. The van der Waals surface area contributed by atoms with Gasteiger partial charge in [0.25, 0.3) is 5.91 Å². The second-order valence-electron chi connectivity index (χ2n) is 12.6. The molecule has 8 nitrogen and oxygen atoms in total. The van der Waals surface area contributed by atoms with E-state index in [0.717, 1.165) is 6.42 Å². The number of rotatable bonds is 9. The number of fused-ring (bicyclic) bond motifs is 1. The molecule has 2 N–H and O–H groups in total. The van der Waals surface area contributed by atoms with Crippen molar-refractivity contribution in [3.05, 3.63) is 60.0 Å². The van der Waals surface area contributed by atoms with Gasteiger partial charge >= 0.3 is 0 Å². The molecule has 8 heteroatoms. The molecule has 0 aliphatic heterocycles. The van der Waals surface area contributed by atoms with Gasteiger partial charge in [-0.2, -0.15) is 0 Å². The van der Waals surface area contributed by atoms with Crippen molar-refractivity contribution in [3.8, 4) is 0 Å². The highest BCUT2D eigenvalue weighted by atomic mass is 16.5. The van der Waals surface area contributed by atoms with Crippen LogP contribution in [0.1, 0.15) is 89.1 Å². The molecule has 0 aliphatic rings. The summed E-state index contributed by atoms with van der Waals surface area (Å²) in [6, 6.07) is 10.2. The van der Waals surface area contributed by atoms with Crippen molar-refractivity contribution in [3.63, 3.8) is 0 Å². The smallest absolute Gasteiger partial charge is 0.255 e. The van der Waals surface area contributed by atoms with E-state index in [9.17, 15) is 14.4 Å². The van der Waals surface area contributed by atoms with Crippen LogP contribution in [-0.2, 0) is 9.53 Å². The first-order valence-corrected chi connectivity index (χ1v) is 12.9. The zero-order chi connectivity index (χ0) is 28.3. The minimum absolute atomic E-state index is 0.0457. The van der Waals surface area contributed by atoms with Crippen molar-refractivity contribution in [2.45, 2.75) is 73.8 Å². The Morgan fingerprint density at radius 3 is 2.08 bits per heavy atom. The highest BCUT2D eigenvalue weighted by Gasteiger charge is 2.26. The summed E-state index contributed by atoms with van der Waals surface area (Å²) in [5, 5.41) is 5.74. The molecule has 38 heavy (non-hydrogen) atoms. The number of carbonyl (C=O) groups is 3. The van der Waals surface area contributed by atoms with Gasteiger partial charge in [-0.05, 0) is 62.1 Å². The third kappa shape index (κ3) is 8.25. The van der Waals surface area contributed by atoms with Gasteiger partial charge in [-0.3, -0.25) is 14.4 Å². The van der Waals surface area contributed by atoms with Gasteiger partial charge in [-0.15, -0.1) is 0 Å². The van der Waals surface area contributed by atoms with Crippen LogP contribution in [0.2, 0.25) is 0 Å². The standard InChI is InChI=1S/C30H40N4O4/c1-28(2,3)15-16-38-30(7,8)17-25(35)31-21-11-9-20(10-12-21)27(37)32-22-13-14-24-33-23(19-34(24)18-22)26(36)29(4,5)6/h9-14,18-19H,15-17H2,1-8H3,(H,31,35)(H,32,37). The zero-order valence-electron chi connectivity index (χ0n) is 23.8. The lowest BCUT2D eigenvalue weighted by atomic mass is 9.89. The minimum atomic E-state index is -0.577. The molecular formula is C30H40N4O4. The molecule has 3 aromatic rings. The summed E-state index contributed by atoms with van der Waals surface area (Å²) in [6.07, 6.45) is 4.53. The van der Waals surface area contributed by atoms with Gasteiger partial charge in [0.15, 0.2) is 5.78 Å². The molecule has 0 saturated heterocycles. The van der Waals surface area contributed by atoms with Crippen molar-refractivity contribution >= 4 is 34.6 Å². The Hall–Kier alpha value is -3.52. The number of Topliss-reactive ketones (excluding diaryl/α,β-unsaturated/α-hetero) is 1. The van der Waals surface area contributed by atoms with Gasteiger partial charge in [-0.1, -0.05) is 41.5 Å². The molecule has 2 amide bonds. The van der Waals surface area contributed by atoms with Crippen molar-refractivity contribution in [1.82, 2.24) is 9.38 Å². The van der Waals surface area contributed by atoms with E-state index in [0.29, 0.717) is 34.9 Å². The molecule has 0 aliphatic carbocycles. The van der Waals surface area contributed by atoms with E-state index in [-0.39, 0.29) is 29.4 Å². The van der Waals surface area contributed by atoms with Gasteiger partial charge in [0, 0.05) is 35.7 Å². The molecule has 2 aromatic heterocycles. The van der Waals surface area contributed by atoms with Gasteiger partial charge in [0.05, 0.1) is 17.7 Å². The Morgan fingerprint density at radius 2 is 1.47 bits per heavy atom. The van der Waals surface area contributed by atoms with Crippen LogP contribution >= 0.6 is 0 Å². The Bertz CT molecular complexity index is 1310. The Morgan fingerprint density at radius 1 is 0.842 bits per heavy atom. The number of benzene rings is 1. The number of nitrogens with one attached hydrogen (secondary N) is 2. The maximum absolute atomic E-state index is 12.8. The number of amides is 2. The summed E-state index contributed by atoms with van der Waals surface area (Å²) >= 11 is 0. The largest absolute Gasteiger partial charge is 0.375 e. The van der Waals surface area contributed by atoms with Crippen molar-refractivity contribution in [1.29, 1.82) is 0 Å². The normalized spacial score (nSPS) is 12.4. The number of carbonyl (C=O) groups excluding carboxylic acids is 3. The van der Waals surface area contributed by atoms with Crippen LogP contribution in [0.25, 0.3) is 5.65 Å². The monoisotopic (exact) mass is 520 g/mol. The van der Waals surface area contributed by atoms with Crippen LogP contribution in [0.5, 0.6) is 0 Å². The molecule has 2 heterocycles. The molecular weight excluding hydrogens is 480 g/mol. The SMILES string of the molecule is CC(C)(C)CCOC(C)(C)CC(=O)Nc1ccc(C(=O)Nc2ccc3nc(C(=O)C(C)(C)C)cn3c2)cc1. The highest BCUT2D eigenvalue weighted by molar-refractivity contribution is 6.04. The third-order valence-corrected chi connectivity index (χ3v) is 5.98. The fourth-order valence-corrected chi connectivity index (χ4v) is 3.74. The molecule has 1 aromatic carbocycles. The number of hydrogen-bond donors (Lipinski definition) is 2. The van der Waals surface area contributed by atoms with Crippen molar-refractivity contribution in [2.24, 2.45) is 10.8 Å². The van der Waals surface area contributed by atoms with Crippen LogP contribution in [0.3, 0.4) is 0 Å². The van der Waals surface area contributed by atoms with Gasteiger partial charge in [0.1, 0.15) is 11.3 Å². The lowest BCUT2D eigenvalue weighted by Crippen LogP contribution is -2.32. The van der Waals surface area contributed by atoms with Gasteiger partial charge < -0.3 is 19.8 Å². The minimum Gasteiger partial charge on any atom is -0.375 e. The molecule has 0 saturated carbocycles. The van der Waals surface area contributed by atoms with E-state index in [1.54, 1.807) is 53.2 Å². The Labute approximate surface area is 225 Å².